The van der Waals surface area contributed by atoms with Crippen LogP contribution in [0.4, 0.5) is 0 Å². The average Bonchev–Trinajstić information content (AvgIpc) is 1.97. The van der Waals surface area contributed by atoms with E-state index in [2.05, 4.69) is 74.6 Å². The van der Waals surface area contributed by atoms with E-state index in [1.165, 1.54) is 0 Å². The number of rotatable bonds is 5. The molecule has 0 amide bonds. The van der Waals surface area contributed by atoms with Crippen LogP contribution in [0.25, 0.3) is 0 Å². The summed E-state index contributed by atoms with van der Waals surface area (Å²) < 4.78 is 9.74. The summed E-state index contributed by atoms with van der Waals surface area (Å²) >= 11 is 0. The highest BCUT2D eigenvalue weighted by Crippen LogP contribution is 2.11. The molecular formula is C8H26N4Si2. The number of nitrogens with zero attached hydrogens (tertiary/aromatic N) is 4. The molecule has 0 aliphatic heterocycles. The molecule has 0 bridgehead atoms. The monoisotopic (exact) mass is 234 g/mol. The third-order valence-corrected chi connectivity index (χ3v) is 16.9. The molecule has 0 aromatic heterocycles. The lowest BCUT2D eigenvalue weighted by Crippen LogP contribution is -2.76. The molecule has 0 aromatic carbocycles. The Kier molecular flexibility index (Phi) is 5.49. The van der Waals surface area contributed by atoms with E-state index >= 15 is 0 Å². The Bertz CT molecular complexity index is 149. The molecule has 86 valence electrons. The van der Waals surface area contributed by atoms with Crippen LogP contribution in [0.5, 0.6) is 0 Å². The summed E-state index contributed by atoms with van der Waals surface area (Å²) in [6, 6.07) is 0. The Labute approximate surface area is 92.4 Å². The molecular weight excluding hydrogens is 208 g/mol. The highest BCUT2D eigenvalue weighted by Gasteiger charge is 2.43. The van der Waals surface area contributed by atoms with Crippen LogP contribution in [-0.2, 0) is 0 Å². The molecule has 0 saturated carbocycles. The van der Waals surface area contributed by atoms with Crippen LogP contribution in [0.1, 0.15) is 0 Å². The Morgan fingerprint density at radius 2 is 0.929 bits per heavy atom. The molecule has 0 rings (SSSR count). The van der Waals surface area contributed by atoms with E-state index in [-0.39, 0.29) is 9.20 Å². The zero-order chi connectivity index (χ0) is 11.5. The molecule has 0 aliphatic rings. The second kappa shape index (κ2) is 5.38. The standard InChI is InChI=1S/C8H26N4Si2/c1-9(2)13-14(10(3)4,11(5)6)12(7)8/h13H2,1-8H3. The van der Waals surface area contributed by atoms with Crippen molar-refractivity contribution in [1.29, 1.82) is 0 Å². The molecule has 4 nitrogen and oxygen atoms in total. The minimum atomic E-state index is -1.53. The van der Waals surface area contributed by atoms with Crippen molar-refractivity contribution in [2.45, 2.75) is 0 Å². The normalized spacial score (nSPS) is 14.6. The first-order valence-electron chi connectivity index (χ1n) is 4.92. The van der Waals surface area contributed by atoms with Crippen LogP contribution in [-0.4, -0.2) is 91.9 Å². The Hall–Kier alpha value is 0.274. The fraction of sp³-hybridized carbons (Fsp3) is 1.00. The van der Waals surface area contributed by atoms with Crippen molar-refractivity contribution >= 4 is 17.3 Å². The molecule has 0 heterocycles. The molecule has 0 saturated heterocycles. The molecule has 6 heteroatoms. The van der Waals surface area contributed by atoms with Gasteiger partial charge in [0.2, 0.25) is 0 Å². The third kappa shape index (κ3) is 2.88. The third-order valence-electron chi connectivity index (χ3n) is 2.68. The highest BCUT2D eigenvalue weighted by atomic mass is 29.2. The van der Waals surface area contributed by atoms with Gasteiger partial charge in [-0.1, -0.05) is 0 Å². The maximum absolute atomic E-state index is 2.44. The van der Waals surface area contributed by atoms with Crippen LogP contribution in [0, 0.1) is 0 Å². The van der Waals surface area contributed by atoms with Crippen molar-refractivity contribution in [2.24, 2.45) is 0 Å². The van der Waals surface area contributed by atoms with Crippen molar-refractivity contribution in [3.8, 4) is 0 Å². The summed E-state index contributed by atoms with van der Waals surface area (Å²) in [4.78, 5) is 0. The first-order chi connectivity index (χ1) is 6.25. The van der Waals surface area contributed by atoms with E-state index in [1.54, 1.807) is 0 Å². The van der Waals surface area contributed by atoms with Crippen LogP contribution in [0.3, 0.4) is 0 Å². The topological polar surface area (TPSA) is 13.0 Å². The number of hydrogen-bond acceptors (Lipinski definition) is 4. The van der Waals surface area contributed by atoms with E-state index in [0.717, 1.165) is 0 Å². The van der Waals surface area contributed by atoms with Crippen LogP contribution < -0.4 is 0 Å². The van der Waals surface area contributed by atoms with E-state index in [1.807, 2.05) is 0 Å². The predicted molar refractivity (Wildman–Crippen MR) is 69.0 cm³/mol. The summed E-state index contributed by atoms with van der Waals surface area (Å²) in [5, 5.41) is 0. The van der Waals surface area contributed by atoms with Crippen LogP contribution in [0.2, 0.25) is 0 Å². The van der Waals surface area contributed by atoms with Gasteiger partial charge in [-0.05, 0) is 56.4 Å². The summed E-state index contributed by atoms with van der Waals surface area (Å²) in [5.41, 5.74) is 0. The van der Waals surface area contributed by atoms with Gasteiger partial charge in [0.1, 0.15) is 9.20 Å². The quantitative estimate of drug-likeness (QED) is 0.551. The zero-order valence-corrected chi connectivity index (χ0v) is 13.4. The molecule has 0 N–H and O–H groups in total. The fourth-order valence-corrected chi connectivity index (χ4v) is 11.2. The molecule has 14 heavy (non-hydrogen) atoms. The Balaban J connectivity index is 4.95. The van der Waals surface area contributed by atoms with Gasteiger partial charge in [0, 0.05) is 0 Å². The van der Waals surface area contributed by atoms with Gasteiger partial charge in [-0.15, -0.1) is 0 Å². The zero-order valence-electron chi connectivity index (χ0n) is 11.0. The van der Waals surface area contributed by atoms with Gasteiger partial charge in [0.05, 0.1) is 0 Å². The van der Waals surface area contributed by atoms with Crippen molar-refractivity contribution in [1.82, 2.24) is 18.3 Å². The van der Waals surface area contributed by atoms with E-state index < -0.39 is 8.08 Å². The minimum Gasteiger partial charge on any atom is -0.333 e. The van der Waals surface area contributed by atoms with E-state index in [9.17, 15) is 0 Å². The van der Waals surface area contributed by atoms with Gasteiger partial charge in [-0.25, -0.2) is 0 Å². The van der Waals surface area contributed by atoms with Crippen molar-refractivity contribution in [3.63, 3.8) is 0 Å². The molecule has 0 spiro atoms. The minimum absolute atomic E-state index is 0.239. The molecule has 0 unspecified atom stereocenters. The van der Waals surface area contributed by atoms with Gasteiger partial charge in [-0.3, -0.25) is 0 Å². The number of hydrogen-bond donors (Lipinski definition) is 0. The average molecular weight is 234 g/mol. The second-order valence-electron chi connectivity index (χ2n) is 4.70. The molecule has 0 fully saturated rings. The first kappa shape index (κ1) is 14.3. The van der Waals surface area contributed by atoms with Gasteiger partial charge in [0.25, 0.3) is 8.08 Å². The lowest BCUT2D eigenvalue weighted by molar-refractivity contribution is 0.400. The first-order valence-corrected chi connectivity index (χ1v) is 9.72. The van der Waals surface area contributed by atoms with E-state index in [0.29, 0.717) is 0 Å². The Morgan fingerprint density at radius 3 is 1.00 bits per heavy atom. The van der Waals surface area contributed by atoms with Crippen LogP contribution in [0.15, 0.2) is 0 Å². The fourth-order valence-electron chi connectivity index (χ4n) is 2.05. The molecule has 0 atom stereocenters. The highest BCUT2D eigenvalue weighted by molar-refractivity contribution is 7.19. The predicted octanol–water partition coefficient (Wildman–Crippen LogP) is -1.25. The Morgan fingerprint density at radius 1 is 0.643 bits per heavy atom. The summed E-state index contributed by atoms with van der Waals surface area (Å²) in [6.07, 6.45) is 0. The lowest BCUT2D eigenvalue weighted by Gasteiger charge is -2.47. The van der Waals surface area contributed by atoms with Gasteiger partial charge < -0.3 is 18.3 Å². The molecule has 0 aromatic rings. The van der Waals surface area contributed by atoms with Crippen molar-refractivity contribution in [2.75, 3.05) is 56.4 Å². The smallest absolute Gasteiger partial charge is 0.279 e. The lowest BCUT2D eigenvalue weighted by atomic mass is 11.2. The van der Waals surface area contributed by atoms with Gasteiger partial charge >= 0.3 is 0 Å². The van der Waals surface area contributed by atoms with E-state index in [4.69, 9.17) is 0 Å². The second-order valence-corrected chi connectivity index (χ2v) is 14.3. The van der Waals surface area contributed by atoms with Crippen molar-refractivity contribution < 1.29 is 0 Å². The van der Waals surface area contributed by atoms with Crippen LogP contribution >= 0.6 is 0 Å². The van der Waals surface area contributed by atoms with Crippen molar-refractivity contribution in [3.05, 3.63) is 0 Å². The summed E-state index contributed by atoms with van der Waals surface area (Å²) in [5.74, 6) is 0. The molecule has 0 radical (unpaired) electrons. The maximum atomic E-state index is 2.44. The largest absolute Gasteiger partial charge is 0.333 e. The van der Waals surface area contributed by atoms with Gasteiger partial charge in [-0.2, -0.15) is 0 Å². The SMILES string of the molecule is CN(C)[SiH2][Si](N(C)C)(N(C)C)N(C)C. The molecule has 0 aliphatic carbocycles. The summed E-state index contributed by atoms with van der Waals surface area (Å²) in [6.45, 7) is 0. The van der Waals surface area contributed by atoms with Gasteiger partial charge in [0.15, 0.2) is 0 Å². The summed E-state index contributed by atoms with van der Waals surface area (Å²) in [7, 11) is 15.9. The maximum Gasteiger partial charge on any atom is 0.279 e.